The van der Waals surface area contributed by atoms with E-state index < -0.39 is 10.0 Å². The van der Waals surface area contributed by atoms with E-state index in [0.717, 1.165) is 0 Å². The number of sulfonamides is 1. The van der Waals surface area contributed by atoms with Crippen LogP contribution in [0.4, 0.5) is 0 Å². The van der Waals surface area contributed by atoms with Gasteiger partial charge in [-0.1, -0.05) is 23.2 Å². The molecule has 0 spiro atoms. The third-order valence-corrected chi connectivity index (χ3v) is 6.15. The first-order valence-corrected chi connectivity index (χ1v) is 8.79. The van der Waals surface area contributed by atoms with Crippen LogP contribution in [0, 0.1) is 0 Å². The summed E-state index contributed by atoms with van der Waals surface area (Å²) in [6, 6.07) is 2.84. The maximum Gasteiger partial charge on any atom is 0.245 e. The molecule has 1 aromatic carbocycles. The summed E-state index contributed by atoms with van der Waals surface area (Å²) in [4.78, 5) is 0.0515. The van der Waals surface area contributed by atoms with Crippen LogP contribution in [0.1, 0.15) is 12.5 Å². The van der Waals surface area contributed by atoms with E-state index in [0.29, 0.717) is 36.9 Å². The topological polar surface area (TPSA) is 58.6 Å². The fourth-order valence-electron chi connectivity index (χ4n) is 2.32. The van der Waals surface area contributed by atoms with Gasteiger partial charge in [-0.05, 0) is 31.7 Å². The van der Waals surface area contributed by atoms with Crippen LogP contribution >= 0.6 is 23.2 Å². The Morgan fingerprint density at radius 2 is 2.14 bits per heavy atom. The molecule has 0 amide bonds. The van der Waals surface area contributed by atoms with Crippen molar-refractivity contribution in [1.29, 1.82) is 0 Å². The molecule has 1 heterocycles. The normalized spacial score (nSPS) is 20.7. The molecule has 0 radical (unpaired) electrons. The SMILES string of the molecule is CNCc1cc(Cl)cc(S(=O)(=O)N2CCOCC2C)c1Cl. The second-order valence-electron chi connectivity index (χ2n) is 4.95. The molecule has 2 rings (SSSR count). The zero-order valence-corrected chi connectivity index (χ0v) is 14.2. The molecule has 1 aromatic rings. The minimum Gasteiger partial charge on any atom is -0.378 e. The van der Waals surface area contributed by atoms with Crippen molar-refractivity contribution >= 4 is 33.2 Å². The van der Waals surface area contributed by atoms with Crippen molar-refractivity contribution < 1.29 is 13.2 Å². The maximum atomic E-state index is 12.8. The summed E-state index contributed by atoms with van der Waals surface area (Å²) in [7, 11) is -1.94. The highest BCUT2D eigenvalue weighted by Crippen LogP contribution is 2.32. The number of nitrogens with one attached hydrogen (secondary N) is 1. The van der Waals surface area contributed by atoms with Gasteiger partial charge in [0.05, 0.1) is 18.2 Å². The molecule has 21 heavy (non-hydrogen) atoms. The molecule has 0 bridgehead atoms. The van der Waals surface area contributed by atoms with Crippen LogP contribution < -0.4 is 5.32 Å². The van der Waals surface area contributed by atoms with Gasteiger partial charge >= 0.3 is 0 Å². The average molecular weight is 353 g/mol. The molecule has 1 aliphatic heterocycles. The lowest BCUT2D eigenvalue weighted by Gasteiger charge is -2.32. The zero-order valence-electron chi connectivity index (χ0n) is 11.9. The lowest BCUT2D eigenvalue weighted by molar-refractivity contribution is 0.0393. The van der Waals surface area contributed by atoms with Gasteiger partial charge in [-0.25, -0.2) is 8.42 Å². The fraction of sp³-hybridized carbons (Fsp3) is 0.538. The maximum absolute atomic E-state index is 12.8. The summed E-state index contributed by atoms with van der Waals surface area (Å²) in [5.41, 5.74) is 0.658. The van der Waals surface area contributed by atoms with Gasteiger partial charge in [0.15, 0.2) is 0 Å². The number of halogens is 2. The minimum absolute atomic E-state index is 0.0515. The van der Waals surface area contributed by atoms with E-state index >= 15 is 0 Å². The molecule has 1 aliphatic rings. The monoisotopic (exact) mass is 352 g/mol. The van der Waals surface area contributed by atoms with Crippen molar-refractivity contribution in [3.63, 3.8) is 0 Å². The van der Waals surface area contributed by atoms with E-state index in [-0.39, 0.29) is 16.0 Å². The van der Waals surface area contributed by atoms with Gasteiger partial charge in [-0.2, -0.15) is 4.31 Å². The summed E-state index contributed by atoms with van der Waals surface area (Å²) < 4.78 is 32.4. The van der Waals surface area contributed by atoms with Crippen molar-refractivity contribution in [3.8, 4) is 0 Å². The van der Waals surface area contributed by atoms with Gasteiger partial charge in [0.25, 0.3) is 0 Å². The van der Waals surface area contributed by atoms with E-state index in [2.05, 4.69) is 5.32 Å². The Morgan fingerprint density at radius 3 is 2.76 bits per heavy atom. The number of nitrogens with zero attached hydrogens (tertiary/aromatic N) is 1. The fourth-order valence-corrected chi connectivity index (χ4v) is 4.83. The largest absolute Gasteiger partial charge is 0.378 e. The number of hydrogen-bond acceptors (Lipinski definition) is 4. The second kappa shape index (κ2) is 6.81. The van der Waals surface area contributed by atoms with E-state index in [1.165, 1.54) is 10.4 Å². The van der Waals surface area contributed by atoms with Gasteiger partial charge in [0, 0.05) is 24.2 Å². The molecule has 118 valence electrons. The quantitative estimate of drug-likeness (QED) is 0.901. The van der Waals surface area contributed by atoms with Crippen molar-refractivity contribution in [2.45, 2.75) is 24.4 Å². The molecule has 0 aliphatic carbocycles. The zero-order chi connectivity index (χ0) is 15.6. The Morgan fingerprint density at radius 1 is 1.43 bits per heavy atom. The summed E-state index contributed by atoms with van der Waals surface area (Å²) in [5.74, 6) is 0. The smallest absolute Gasteiger partial charge is 0.245 e. The van der Waals surface area contributed by atoms with Crippen molar-refractivity contribution in [1.82, 2.24) is 9.62 Å². The summed E-state index contributed by atoms with van der Waals surface area (Å²) >= 11 is 12.3. The first kappa shape index (κ1) is 17.0. The van der Waals surface area contributed by atoms with Gasteiger partial charge in [0.2, 0.25) is 10.0 Å². The number of benzene rings is 1. The molecule has 0 saturated carbocycles. The molecule has 1 saturated heterocycles. The van der Waals surface area contributed by atoms with Crippen LogP contribution in [0.15, 0.2) is 17.0 Å². The first-order valence-electron chi connectivity index (χ1n) is 6.60. The Hall–Kier alpha value is -0.370. The highest BCUT2D eigenvalue weighted by atomic mass is 35.5. The van der Waals surface area contributed by atoms with Crippen LogP contribution in [0.3, 0.4) is 0 Å². The van der Waals surface area contributed by atoms with Crippen molar-refractivity contribution in [3.05, 3.63) is 27.7 Å². The lowest BCUT2D eigenvalue weighted by Crippen LogP contribution is -2.47. The number of hydrogen-bond donors (Lipinski definition) is 1. The molecule has 5 nitrogen and oxygen atoms in total. The van der Waals surface area contributed by atoms with Crippen LogP contribution in [0.25, 0.3) is 0 Å². The van der Waals surface area contributed by atoms with Gasteiger partial charge in [-0.15, -0.1) is 0 Å². The minimum atomic E-state index is -3.70. The highest BCUT2D eigenvalue weighted by Gasteiger charge is 2.33. The molecule has 8 heteroatoms. The van der Waals surface area contributed by atoms with E-state index in [9.17, 15) is 8.42 Å². The Balaban J connectivity index is 2.49. The molecule has 1 N–H and O–H groups in total. The van der Waals surface area contributed by atoms with E-state index in [1.807, 2.05) is 6.92 Å². The first-order chi connectivity index (χ1) is 9.87. The molecule has 1 unspecified atom stereocenters. The number of morpholine rings is 1. The number of rotatable bonds is 4. The molecule has 1 atom stereocenters. The third kappa shape index (κ3) is 3.52. The van der Waals surface area contributed by atoms with E-state index in [1.54, 1.807) is 13.1 Å². The average Bonchev–Trinajstić information content (AvgIpc) is 2.43. The Bertz CT molecular complexity index is 622. The number of ether oxygens (including phenoxy) is 1. The molecular weight excluding hydrogens is 335 g/mol. The van der Waals surface area contributed by atoms with Gasteiger partial charge in [0.1, 0.15) is 4.90 Å². The summed E-state index contributed by atoms with van der Waals surface area (Å²) in [6.07, 6.45) is 0. The van der Waals surface area contributed by atoms with Crippen LogP contribution in [0.5, 0.6) is 0 Å². The summed E-state index contributed by atoms with van der Waals surface area (Å²) in [6.45, 7) is 3.32. The Kier molecular flexibility index (Phi) is 5.51. The predicted molar refractivity (Wildman–Crippen MR) is 83.4 cm³/mol. The van der Waals surface area contributed by atoms with Crippen LogP contribution in [-0.2, 0) is 21.3 Å². The molecule has 1 fully saturated rings. The van der Waals surface area contributed by atoms with Crippen LogP contribution in [-0.4, -0.2) is 45.6 Å². The molecular formula is C13H18Cl2N2O3S. The van der Waals surface area contributed by atoms with E-state index in [4.69, 9.17) is 27.9 Å². The Labute approximate surface area is 135 Å². The summed E-state index contributed by atoms with van der Waals surface area (Å²) in [5, 5.41) is 3.51. The second-order valence-corrected chi connectivity index (χ2v) is 7.62. The predicted octanol–water partition coefficient (Wildman–Crippen LogP) is 2.12. The van der Waals surface area contributed by atoms with Crippen molar-refractivity contribution in [2.75, 3.05) is 26.8 Å². The standard InChI is InChI=1S/C13H18Cl2N2O3S/c1-9-8-20-4-3-17(9)21(18,19)12-6-11(14)5-10(7-16-2)13(12)15/h5-6,9,16H,3-4,7-8H2,1-2H3. The lowest BCUT2D eigenvalue weighted by atomic mass is 10.2. The van der Waals surface area contributed by atoms with Crippen molar-refractivity contribution in [2.24, 2.45) is 0 Å². The van der Waals surface area contributed by atoms with Gasteiger partial charge in [-0.3, -0.25) is 0 Å². The third-order valence-electron chi connectivity index (χ3n) is 3.34. The molecule has 0 aromatic heterocycles. The van der Waals surface area contributed by atoms with Crippen LogP contribution in [0.2, 0.25) is 10.0 Å². The highest BCUT2D eigenvalue weighted by molar-refractivity contribution is 7.89. The van der Waals surface area contributed by atoms with Gasteiger partial charge < -0.3 is 10.1 Å².